The normalized spacial score (nSPS) is 17.1. The Morgan fingerprint density at radius 1 is 1.17 bits per heavy atom. The van der Waals surface area contributed by atoms with Gasteiger partial charge in [0.05, 0.1) is 4.47 Å². The van der Waals surface area contributed by atoms with Gasteiger partial charge in [-0.3, -0.25) is 4.90 Å². The molecule has 1 aliphatic rings. The summed E-state index contributed by atoms with van der Waals surface area (Å²) in [6.45, 7) is 2.78. The van der Waals surface area contributed by atoms with E-state index in [0.29, 0.717) is 18.7 Å². The van der Waals surface area contributed by atoms with Crippen LogP contribution >= 0.6 is 40.7 Å². The maximum absolute atomic E-state index is 13.7. The molecule has 2 rings (SSSR count). The summed E-state index contributed by atoms with van der Waals surface area (Å²) in [6, 6.07) is 4.10. The van der Waals surface area contributed by atoms with Crippen LogP contribution in [0.25, 0.3) is 0 Å². The number of nitrogens with one attached hydrogen (secondary N) is 1. The highest BCUT2D eigenvalue weighted by Gasteiger charge is 2.32. The average molecular weight is 442 g/mol. The number of benzene rings is 1. The summed E-state index contributed by atoms with van der Waals surface area (Å²) in [7, 11) is 0. The Morgan fingerprint density at radius 3 is 2.35 bits per heavy atom. The Labute approximate surface area is 153 Å². The van der Waals surface area contributed by atoms with Crippen molar-refractivity contribution in [2.75, 3.05) is 26.2 Å². The lowest BCUT2D eigenvalue weighted by molar-refractivity contribution is -0.138. The number of piperazine rings is 1. The summed E-state index contributed by atoms with van der Waals surface area (Å²) in [5.41, 5.74) is 0.584. The van der Waals surface area contributed by atoms with Crippen molar-refractivity contribution in [3.63, 3.8) is 0 Å². The molecule has 0 bridgehead atoms. The summed E-state index contributed by atoms with van der Waals surface area (Å²) in [5.74, 6) is -0.445. The monoisotopic (exact) mass is 440 g/mol. The Kier molecular flexibility index (Phi) is 10.00. The minimum absolute atomic E-state index is 0. The fourth-order valence-electron chi connectivity index (χ4n) is 2.61. The summed E-state index contributed by atoms with van der Waals surface area (Å²) in [4.78, 5) is 1.99. The zero-order valence-electron chi connectivity index (χ0n) is 12.2. The van der Waals surface area contributed by atoms with E-state index in [-0.39, 0.29) is 35.7 Å². The molecule has 0 radical (unpaired) electrons. The van der Waals surface area contributed by atoms with Crippen LogP contribution in [0, 0.1) is 5.82 Å². The number of hydrogen-bond donors (Lipinski definition) is 1. The molecule has 1 aromatic rings. The predicted octanol–water partition coefficient (Wildman–Crippen LogP) is 4.72. The molecule has 23 heavy (non-hydrogen) atoms. The maximum Gasteiger partial charge on any atom is 0.389 e. The van der Waals surface area contributed by atoms with Crippen molar-refractivity contribution < 1.29 is 17.6 Å². The molecule has 0 aromatic heterocycles. The molecular formula is C14H19BrCl2F4N2. The van der Waals surface area contributed by atoms with Crippen molar-refractivity contribution in [2.45, 2.75) is 25.1 Å². The Balaban J connectivity index is 0.00000242. The van der Waals surface area contributed by atoms with E-state index >= 15 is 0 Å². The van der Waals surface area contributed by atoms with Gasteiger partial charge in [0.15, 0.2) is 0 Å². The van der Waals surface area contributed by atoms with Gasteiger partial charge in [0.2, 0.25) is 0 Å². The van der Waals surface area contributed by atoms with Crippen LogP contribution in [0.5, 0.6) is 0 Å². The molecule has 1 atom stereocenters. The first-order chi connectivity index (χ1) is 9.88. The van der Waals surface area contributed by atoms with Crippen LogP contribution in [-0.4, -0.2) is 37.3 Å². The van der Waals surface area contributed by atoms with Crippen LogP contribution in [0.2, 0.25) is 0 Å². The molecule has 1 aliphatic heterocycles. The third-order valence-electron chi connectivity index (χ3n) is 3.63. The minimum Gasteiger partial charge on any atom is -0.314 e. The van der Waals surface area contributed by atoms with Gasteiger partial charge >= 0.3 is 6.18 Å². The van der Waals surface area contributed by atoms with Gasteiger partial charge in [-0.1, -0.05) is 12.1 Å². The number of hydrogen-bond acceptors (Lipinski definition) is 2. The van der Waals surface area contributed by atoms with Crippen molar-refractivity contribution in [3.05, 3.63) is 34.1 Å². The van der Waals surface area contributed by atoms with Crippen molar-refractivity contribution >= 4 is 40.7 Å². The first-order valence-corrected chi connectivity index (χ1v) is 7.63. The summed E-state index contributed by atoms with van der Waals surface area (Å²) < 4.78 is 51.6. The highest BCUT2D eigenvalue weighted by Crippen LogP contribution is 2.36. The quantitative estimate of drug-likeness (QED) is 0.680. The molecular weight excluding hydrogens is 423 g/mol. The maximum atomic E-state index is 13.7. The molecule has 0 spiro atoms. The van der Waals surface area contributed by atoms with E-state index in [2.05, 4.69) is 21.2 Å². The Morgan fingerprint density at radius 2 is 1.78 bits per heavy atom. The van der Waals surface area contributed by atoms with Crippen molar-refractivity contribution in [2.24, 2.45) is 0 Å². The largest absolute Gasteiger partial charge is 0.389 e. The number of rotatable bonds is 4. The predicted molar refractivity (Wildman–Crippen MR) is 91.1 cm³/mol. The van der Waals surface area contributed by atoms with Crippen LogP contribution < -0.4 is 5.32 Å². The highest BCUT2D eigenvalue weighted by molar-refractivity contribution is 9.10. The second-order valence-corrected chi connectivity index (χ2v) is 5.89. The van der Waals surface area contributed by atoms with Gasteiger partial charge in [0.25, 0.3) is 0 Å². The summed E-state index contributed by atoms with van der Waals surface area (Å²) >= 11 is 3.17. The lowest BCUT2D eigenvalue weighted by Gasteiger charge is -2.36. The smallest absolute Gasteiger partial charge is 0.314 e. The molecule has 2 nitrogen and oxygen atoms in total. The van der Waals surface area contributed by atoms with Gasteiger partial charge < -0.3 is 5.32 Å². The highest BCUT2D eigenvalue weighted by atomic mass is 79.9. The van der Waals surface area contributed by atoms with Crippen LogP contribution in [0.3, 0.4) is 0 Å². The Bertz CT molecular complexity index is 482. The lowest BCUT2D eigenvalue weighted by Crippen LogP contribution is -2.45. The Hall–Kier alpha value is -0.0800. The van der Waals surface area contributed by atoms with Gasteiger partial charge in [0.1, 0.15) is 5.82 Å². The van der Waals surface area contributed by atoms with Crippen LogP contribution in [-0.2, 0) is 0 Å². The van der Waals surface area contributed by atoms with Crippen molar-refractivity contribution in [1.29, 1.82) is 0 Å². The zero-order chi connectivity index (χ0) is 15.5. The van der Waals surface area contributed by atoms with E-state index in [9.17, 15) is 17.6 Å². The summed E-state index contributed by atoms with van der Waals surface area (Å²) in [5, 5.41) is 3.17. The first kappa shape index (κ1) is 22.9. The number of halogens is 7. The molecule has 134 valence electrons. The van der Waals surface area contributed by atoms with Gasteiger partial charge in [-0.2, -0.15) is 13.2 Å². The topological polar surface area (TPSA) is 15.3 Å². The molecule has 0 amide bonds. The van der Waals surface area contributed by atoms with Crippen LogP contribution in [0.1, 0.15) is 24.4 Å². The van der Waals surface area contributed by atoms with E-state index in [1.54, 1.807) is 6.07 Å². The van der Waals surface area contributed by atoms with Gasteiger partial charge in [-0.05, 0) is 34.0 Å². The second-order valence-electron chi connectivity index (χ2n) is 5.10. The average Bonchev–Trinajstić information content (AvgIpc) is 2.43. The molecule has 1 saturated heterocycles. The van der Waals surface area contributed by atoms with Gasteiger partial charge in [-0.15, -0.1) is 24.8 Å². The fraction of sp³-hybridized carbons (Fsp3) is 0.571. The second kappa shape index (κ2) is 10.0. The number of nitrogens with zero attached hydrogens (tertiary/aromatic N) is 1. The SMILES string of the molecule is Cl.Cl.Fc1cccc([C@@H](CCC(F)(F)F)N2CCNCC2)c1Br. The van der Waals surface area contributed by atoms with E-state index in [4.69, 9.17) is 0 Å². The van der Waals surface area contributed by atoms with Gasteiger partial charge in [0, 0.05) is 38.6 Å². The molecule has 1 N–H and O–H groups in total. The standard InChI is InChI=1S/C14H17BrF4N2.2ClH/c15-13-10(2-1-3-11(13)16)12(4-5-14(17,18)19)21-8-6-20-7-9-21;;/h1-3,12,20H,4-9H2;2*1H/t12-;;/m1../s1. The lowest BCUT2D eigenvalue weighted by atomic mass is 9.99. The molecule has 9 heteroatoms. The fourth-order valence-corrected chi connectivity index (χ4v) is 3.14. The number of alkyl halides is 3. The van der Waals surface area contributed by atoms with Crippen LogP contribution in [0.4, 0.5) is 17.6 Å². The van der Waals surface area contributed by atoms with E-state index in [0.717, 1.165) is 13.1 Å². The van der Waals surface area contributed by atoms with Crippen molar-refractivity contribution in [1.82, 2.24) is 10.2 Å². The van der Waals surface area contributed by atoms with E-state index in [1.165, 1.54) is 12.1 Å². The van der Waals surface area contributed by atoms with E-state index in [1.807, 2.05) is 4.90 Å². The van der Waals surface area contributed by atoms with Crippen molar-refractivity contribution in [3.8, 4) is 0 Å². The molecule has 1 heterocycles. The molecule has 1 fully saturated rings. The molecule has 0 aliphatic carbocycles. The third-order valence-corrected chi connectivity index (χ3v) is 4.47. The summed E-state index contributed by atoms with van der Waals surface area (Å²) in [6.07, 6.45) is -5.14. The van der Waals surface area contributed by atoms with Crippen LogP contribution in [0.15, 0.2) is 22.7 Å². The zero-order valence-corrected chi connectivity index (χ0v) is 15.4. The third kappa shape index (κ3) is 6.74. The molecule has 0 unspecified atom stereocenters. The minimum atomic E-state index is -4.20. The molecule has 0 saturated carbocycles. The first-order valence-electron chi connectivity index (χ1n) is 6.84. The van der Waals surface area contributed by atoms with E-state index < -0.39 is 24.5 Å². The molecule has 1 aromatic carbocycles. The van der Waals surface area contributed by atoms with Gasteiger partial charge in [-0.25, -0.2) is 4.39 Å².